The molecule has 0 unspecified atom stereocenters. The molecule has 10 rings (SSSR count). The molecule has 0 aliphatic rings. The number of carboxylic acid groups (broad SMARTS) is 4. The average Bonchev–Trinajstić information content (AvgIpc) is 1.13. The number of ether oxygens (including phenoxy) is 6. The molecule has 0 saturated carbocycles. The van der Waals surface area contributed by atoms with Crippen molar-refractivity contribution >= 4 is 93.2 Å². The molecule has 8 aromatic carbocycles. The Balaban J connectivity index is 0.000000180. The fourth-order valence-corrected chi connectivity index (χ4v) is 12.5. The van der Waals surface area contributed by atoms with Crippen molar-refractivity contribution in [2.45, 2.75) is 14.0 Å². The highest BCUT2D eigenvalue weighted by Gasteiger charge is 2.22. The monoisotopic (exact) mass is 1340 g/mol. The highest BCUT2D eigenvalue weighted by Crippen LogP contribution is 2.31. The van der Waals surface area contributed by atoms with Gasteiger partial charge in [0.25, 0.3) is 30.1 Å². The fourth-order valence-electron chi connectivity index (χ4n) is 8.13. The molecule has 28 heteroatoms. The lowest BCUT2D eigenvalue weighted by Gasteiger charge is -2.14. The van der Waals surface area contributed by atoms with Crippen LogP contribution in [0.15, 0.2) is 238 Å². The van der Waals surface area contributed by atoms with E-state index in [0.717, 1.165) is 16.7 Å². The summed E-state index contributed by atoms with van der Waals surface area (Å²) in [6, 6.07) is 54.4. The van der Waals surface area contributed by atoms with Gasteiger partial charge in [0.05, 0.1) is 49.7 Å². The molecular formula is C65H56N4O20S4. The van der Waals surface area contributed by atoms with Crippen LogP contribution in [-0.4, -0.2) is 114 Å². The third-order valence-electron chi connectivity index (χ3n) is 12.6. The molecule has 0 amide bonds. The Kier molecular flexibility index (Phi) is 23.3. The number of nitrogens with one attached hydrogen (secondary N) is 3. The second kappa shape index (κ2) is 32.0. The Bertz CT molecular complexity index is 4540. The van der Waals surface area contributed by atoms with Crippen molar-refractivity contribution in [2.75, 3.05) is 53.8 Å². The van der Waals surface area contributed by atoms with Gasteiger partial charge in [-0.3, -0.25) is 19.2 Å². The number of fused-ring (bicyclic) bond motifs is 1. The van der Waals surface area contributed by atoms with E-state index >= 15 is 0 Å². The predicted octanol–water partition coefficient (Wildman–Crippen LogP) is 11.2. The van der Waals surface area contributed by atoms with Crippen molar-refractivity contribution in [1.82, 2.24) is 4.98 Å². The first kappa shape index (κ1) is 67.7. The van der Waals surface area contributed by atoms with Gasteiger partial charge in [0, 0.05) is 11.6 Å². The van der Waals surface area contributed by atoms with Gasteiger partial charge < -0.3 is 48.8 Å². The number of benzene rings is 8. The van der Waals surface area contributed by atoms with Crippen molar-refractivity contribution in [2.24, 2.45) is 0 Å². The lowest BCUT2D eigenvalue weighted by molar-refractivity contribution is 0.0686. The number of anilines is 3. The third kappa shape index (κ3) is 19.6. The normalized spacial score (nSPS) is 11.0. The van der Waals surface area contributed by atoms with Crippen LogP contribution in [0.2, 0.25) is 0 Å². The number of pyridine rings is 1. The molecule has 0 aliphatic carbocycles. The summed E-state index contributed by atoms with van der Waals surface area (Å²) in [6.07, 6.45) is 1.55. The van der Waals surface area contributed by atoms with Crippen molar-refractivity contribution in [3.63, 3.8) is 0 Å². The number of nitrogens with zero attached hydrogens (tertiary/aromatic N) is 1. The smallest absolute Gasteiger partial charge is 0.335 e. The zero-order chi connectivity index (χ0) is 66.4. The molecule has 0 saturated heterocycles. The van der Waals surface area contributed by atoms with Gasteiger partial charge in [-0.15, -0.1) is 11.3 Å². The summed E-state index contributed by atoms with van der Waals surface area (Å²) < 4.78 is 118. The van der Waals surface area contributed by atoms with E-state index in [1.165, 1.54) is 91.0 Å². The molecule has 93 heavy (non-hydrogen) atoms. The van der Waals surface area contributed by atoms with E-state index in [4.69, 9.17) is 48.8 Å². The Labute approximate surface area is 537 Å². The lowest BCUT2D eigenvalue weighted by atomic mass is 10.2. The van der Waals surface area contributed by atoms with E-state index < -0.39 is 53.9 Å². The van der Waals surface area contributed by atoms with Gasteiger partial charge in [0.15, 0.2) is 0 Å². The predicted molar refractivity (Wildman–Crippen MR) is 344 cm³/mol. The quantitative estimate of drug-likeness (QED) is 0.0224. The zero-order valence-electron chi connectivity index (χ0n) is 48.5. The first-order valence-electron chi connectivity index (χ1n) is 27.5. The highest BCUT2D eigenvalue weighted by atomic mass is 32.2. The van der Waals surface area contributed by atoms with E-state index in [0.29, 0.717) is 40.0 Å². The summed E-state index contributed by atoms with van der Waals surface area (Å²) in [7, 11) is -11.6. The van der Waals surface area contributed by atoms with Crippen LogP contribution in [0.25, 0.3) is 10.9 Å². The van der Waals surface area contributed by atoms with E-state index in [9.17, 15) is 44.4 Å². The molecule has 24 nitrogen and oxygen atoms in total. The van der Waals surface area contributed by atoms with Crippen LogP contribution in [0.4, 0.5) is 17.1 Å². The molecule has 0 spiro atoms. The number of para-hydroxylation sites is 7. The minimum Gasteiger partial charge on any atom is -0.490 e. The summed E-state index contributed by atoms with van der Waals surface area (Å²) in [6.45, 7) is 0.962. The van der Waals surface area contributed by atoms with Crippen LogP contribution >= 0.6 is 11.3 Å². The molecule has 0 atom stereocenters. The van der Waals surface area contributed by atoms with Crippen LogP contribution in [0.3, 0.4) is 0 Å². The number of thiophene rings is 1. The number of carbonyl (C=O) groups is 4. The summed E-state index contributed by atoms with van der Waals surface area (Å²) in [4.78, 5) is 47.7. The second-order valence-corrected chi connectivity index (χ2v) is 25.2. The molecule has 2 heterocycles. The van der Waals surface area contributed by atoms with Crippen LogP contribution < -0.4 is 42.6 Å². The fraction of sp³-hybridized carbons (Fsp3) is 0.0923. The Hall–Kier alpha value is -11.2. The second-order valence-electron chi connectivity index (χ2n) is 19.0. The highest BCUT2D eigenvalue weighted by molar-refractivity contribution is 7.94. The number of rotatable bonds is 28. The topological polar surface area (TPSA) is 356 Å². The number of hydrogen-bond donors (Lipinski definition) is 7. The Morgan fingerprint density at radius 2 is 0.720 bits per heavy atom. The summed E-state index contributed by atoms with van der Waals surface area (Å²) in [5.74, 6) is -1.70. The maximum atomic E-state index is 13.1. The van der Waals surface area contributed by atoms with Gasteiger partial charge in [-0.2, -0.15) is 0 Å². The van der Waals surface area contributed by atoms with Crippen molar-refractivity contribution in [1.29, 1.82) is 0 Å². The van der Waals surface area contributed by atoms with E-state index in [-0.39, 0.29) is 93.0 Å². The Morgan fingerprint density at radius 1 is 0.366 bits per heavy atom. The van der Waals surface area contributed by atoms with E-state index in [2.05, 4.69) is 19.2 Å². The van der Waals surface area contributed by atoms with E-state index in [1.54, 1.807) is 133 Å². The van der Waals surface area contributed by atoms with Gasteiger partial charge in [-0.1, -0.05) is 60.7 Å². The van der Waals surface area contributed by atoms with Crippen LogP contribution in [0.1, 0.15) is 41.4 Å². The van der Waals surface area contributed by atoms with Crippen molar-refractivity contribution in [3.05, 3.63) is 246 Å². The number of aromatic carboxylic acids is 4. The van der Waals surface area contributed by atoms with Gasteiger partial charge in [0.1, 0.15) is 83.2 Å². The first-order chi connectivity index (χ1) is 44.7. The lowest BCUT2D eigenvalue weighted by Crippen LogP contribution is -2.15. The molecule has 0 bridgehead atoms. The molecule has 0 fully saturated rings. The number of carboxylic acids is 4. The van der Waals surface area contributed by atoms with Gasteiger partial charge >= 0.3 is 23.9 Å². The van der Waals surface area contributed by atoms with Crippen LogP contribution in [0, 0.1) is 0 Å². The molecule has 2 aromatic heterocycles. The number of aromatic nitrogens is 1. The van der Waals surface area contributed by atoms with Crippen molar-refractivity contribution in [3.8, 4) is 34.5 Å². The zero-order valence-corrected chi connectivity index (χ0v) is 51.8. The summed E-state index contributed by atoms with van der Waals surface area (Å²) >= 11 is 1.13. The average molecular weight is 1340 g/mol. The maximum absolute atomic E-state index is 13.1. The largest absolute Gasteiger partial charge is 0.490 e. The summed E-state index contributed by atoms with van der Waals surface area (Å²) in [5, 5.41) is 38.1. The molecule has 0 radical (unpaired) electrons. The number of hydrogen-bond acceptors (Lipinski definition) is 18. The van der Waals surface area contributed by atoms with Crippen LogP contribution in [-0.2, 0) is 30.1 Å². The van der Waals surface area contributed by atoms with Crippen molar-refractivity contribution < 1.29 is 93.3 Å². The summed E-state index contributed by atoms with van der Waals surface area (Å²) in [5.41, 5.74) is 1.68. The molecule has 10 aromatic rings. The molecule has 480 valence electrons. The van der Waals surface area contributed by atoms with E-state index in [1.807, 2.05) is 0 Å². The minimum absolute atomic E-state index is 0.0229. The van der Waals surface area contributed by atoms with Gasteiger partial charge in [-0.05, 0) is 157 Å². The third-order valence-corrected chi connectivity index (χ3v) is 18.1. The maximum Gasteiger partial charge on any atom is 0.335 e. The van der Waals surface area contributed by atoms with Crippen LogP contribution in [0.5, 0.6) is 34.5 Å². The Morgan fingerprint density at radius 3 is 1.11 bits per heavy atom. The molecular weight excluding hydrogens is 1280 g/mol. The SMILES string of the molecule is O=C(O)c1ccc(OCCOc2ccccc2NS(=O)(=O)c2ccc(C(=O)O)cc2)cc1.O=C(O)c1ccc(OCCOc2ccccc2NS(=O)(=O)c2cccc3cccnc23)cc1.O=C(O)c1ccc(OCCOc2ccccc2NS(=O)(=O)c2cccs2)cc1. The van der Waals surface area contributed by atoms with Gasteiger partial charge in [-0.25, -0.2) is 44.4 Å². The molecule has 7 N–H and O–H groups in total. The first-order valence-corrected chi connectivity index (χ1v) is 32.8. The standard InChI is InChI=1S/C24H20N2O6S.C22H19NO8S.C19H17NO6S2/c27-24(28)18-10-12-19(13-11-18)31-15-16-32-21-8-2-1-7-20(21)26-33(29,30)22-9-3-5-17-6-4-14-25-23(17)22;24-21(25)15-5-9-17(10-6-15)30-13-14-31-20-4-2-1-3-19(20)23-32(28,29)18-11-7-16(8-12-18)22(26)27;21-19(22)14-7-9-15(10-8-14)25-11-12-26-17-5-2-1-4-16(17)20-28(23,24)18-6-3-13-27-18/h1-14,26H,15-16H2,(H,27,28);1-12,23H,13-14H2,(H,24,25)(H,26,27);1-10,13,20H,11-12H2,(H,21,22). The molecule has 0 aliphatic heterocycles. The minimum atomic E-state index is -3.97. The van der Waals surface area contributed by atoms with Gasteiger partial charge in [0.2, 0.25) is 0 Å². The number of sulfonamides is 3.